The minimum absolute atomic E-state index is 0.235. The van der Waals surface area contributed by atoms with Gasteiger partial charge in [-0.2, -0.15) is 4.31 Å². The highest BCUT2D eigenvalue weighted by molar-refractivity contribution is 7.89. The zero-order chi connectivity index (χ0) is 28.5. The van der Waals surface area contributed by atoms with E-state index in [1.807, 2.05) is 48.5 Å². The van der Waals surface area contributed by atoms with Crippen molar-refractivity contribution < 1.29 is 28.2 Å². The van der Waals surface area contributed by atoms with Crippen LogP contribution in [0.2, 0.25) is 0 Å². The van der Waals surface area contributed by atoms with E-state index in [4.69, 9.17) is 10.2 Å². The van der Waals surface area contributed by atoms with Gasteiger partial charge in [-0.15, -0.1) is 0 Å². The van der Waals surface area contributed by atoms with E-state index in [2.05, 4.69) is 35.2 Å². The first-order chi connectivity index (χ1) is 19.3. The lowest BCUT2D eigenvalue weighted by Gasteiger charge is -2.33. The number of sulfonamides is 1. The summed E-state index contributed by atoms with van der Waals surface area (Å²) >= 11 is 0. The van der Waals surface area contributed by atoms with Gasteiger partial charge in [0.15, 0.2) is 0 Å². The van der Waals surface area contributed by atoms with Gasteiger partial charge in [-0.1, -0.05) is 78.9 Å². The summed E-state index contributed by atoms with van der Waals surface area (Å²) in [5.74, 6) is -1.87. The molecular weight excluding hydrogens is 528 g/mol. The Kier molecular flexibility index (Phi) is 9.87. The molecule has 2 heterocycles. The highest BCUT2D eigenvalue weighted by Gasteiger charge is 2.42. The van der Waals surface area contributed by atoms with Crippen LogP contribution in [0, 0.1) is 0 Å². The van der Waals surface area contributed by atoms with Crippen molar-refractivity contribution in [3.05, 3.63) is 114 Å². The number of carboxylic acids is 2. The Morgan fingerprint density at radius 2 is 1.27 bits per heavy atom. The van der Waals surface area contributed by atoms with Crippen LogP contribution in [0.4, 0.5) is 0 Å². The van der Waals surface area contributed by atoms with Gasteiger partial charge in [0, 0.05) is 18.7 Å². The molecule has 0 aromatic heterocycles. The number of carbonyl (C=O) groups is 2. The maximum absolute atomic E-state index is 13.4. The molecule has 2 aliphatic rings. The number of hydrogen-bond acceptors (Lipinski definition) is 5. The first-order valence-corrected chi connectivity index (χ1v) is 14.8. The van der Waals surface area contributed by atoms with E-state index in [1.165, 1.54) is 18.4 Å². The maximum Gasteiger partial charge on any atom is 0.328 e. The highest BCUT2D eigenvalue weighted by Crippen LogP contribution is 2.43. The van der Waals surface area contributed by atoms with Crippen LogP contribution in [0.3, 0.4) is 0 Å². The molecule has 5 rings (SSSR count). The number of piperidine rings is 1. The van der Waals surface area contributed by atoms with Gasteiger partial charge in [-0.05, 0) is 67.6 Å². The van der Waals surface area contributed by atoms with Gasteiger partial charge >= 0.3 is 11.9 Å². The molecule has 2 N–H and O–H groups in total. The molecule has 3 aromatic rings. The van der Waals surface area contributed by atoms with Crippen molar-refractivity contribution in [1.29, 1.82) is 0 Å². The monoisotopic (exact) mass is 562 g/mol. The Morgan fingerprint density at radius 3 is 1.85 bits per heavy atom. The molecule has 1 atom stereocenters. The lowest BCUT2D eigenvalue weighted by Crippen LogP contribution is -2.36. The molecule has 0 spiro atoms. The van der Waals surface area contributed by atoms with Crippen molar-refractivity contribution in [3.63, 3.8) is 0 Å². The van der Waals surface area contributed by atoms with E-state index < -0.39 is 22.0 Å². The zero-order valence-electron chi connectivity index (χ0n) is 22.2. The minimum Gasteiger partial charge on any atom is -0.478 e. The molecule has 0 radical (unpaired) electrons. The molecule has 3 aromatic carbocycles. The van der Waals surface area contributed by atoms with Crippen LogP contribution in [0.1, 0.15) is 47.9 Å². The second kappa shape index (κ2) is 13.5. The van der Waals surface area contributed by atoms with E-state index in [-0.39, 0.29) is 6.04 Å². The fourth-order valence-corrected chi connectivity index (χ4v) is 7.26. The Morgan fingerprint density at radius 1 is 0.750 bits per heavy atom. The van der Waals surface area contributed by atoms with Crippen molar-refractivity contribution in [1.82, 2.24) is 9.21 Å². The predicted octanol–water partition coefficient (Wildman–Crippen LogP) is 4.76. The summed E-state index contributed by atoms with van der Waals surface area (Å²) in [6.45, 7) is 3.63. The number of carboxylic acid groups (broad SMARTS) is 2. The summed E-state index contributed by atoms with van der Waals surface area (Å²) in [6.07, 6.45) is 4.30. The number of likely N-dealkylation sites (tertiary alicyclic amines) is 1. The molecule has 1 unspecified atom stereocenters. The van der Waals surface area contributed by atoms with Gasteiger partial charge in [0.05, 0.1) is 10.9 Å². The summed E-state index contributed by atoms with van der Waals surface area (Å²) in [4.78, 5) is 22.1. The Balaban J connectivity index is 0.000000406. The number of fused-ring (bicyclic) bond motifs is 1. The zero-order valence-corrected chi connectivity index (χ0v) is 23.0. The molecule has 0 saturated carbocycles. The molecule has 1 saturated heterocycles. The number of hydrogen-bond donors (Lipinski definition) is 2. The third-order valence-corrected chi connectivity index (χ3v) is 9.22. The van der Waals surface area contributed by atoms with Crippen LogP contribution >= 0.6 is 0 Å². The van der Waals surface area contributed by atoms with Crippen LogP contribution in [0.15, 0.2) is 102 Å². The predicted molar refractivity (Wildman–Crippen MR) is 153 cm³/mol. The topological polar surface area (TPSA) is 115 Å². The third-order valence-electron chi connectivity index (χ3n) is 7.28. The van der Waals surface area contributed by atoms with Crippen LogP contribution < -0.4 is 0 Å². The first kappa shape index (κ1) is 29.2. The van der Waals surface area contributed by atoms with Gasteiger partial charge in [0.25, 0.3) is 0 Å². The van der Waals surface area contributed by atoms with E-state index in [0.29, 0.717) is 29.5 Å². The third kappa shape index (κ3) is 7.24. The van der Waals surface area contributed by atoms with Crippen LogP contribution in [0.5, 0.6) is 0 Å². The Labute approximate surface area is 235 Å². The Hall–Kier alpha value is -3.79. The number of rotatable bonds is 8. The van der Waals surface area contributed by atoms with E-state index in [9.17, 15) is 18.0 Å². The number of benzene rings is 3. The first-order valence-electron chi connectivity index (χ1n) is 13.3. The quantitative estimate of drug-likeness (QED) is 0.380. The van der Waals surface area contributed by atoms with Crippen molar-refractivity contribution in [3.8, 4) is 0 Å². The van der Waals surface area contributed by atoms with E-state index in [1.54, 1.807) is 10.4 Å². The molecule has 0 bridgehead atoms. The molecule has 40 heavy (non-hydrogen) atoms. The fraction of sp³-hybridized carbons (Fsp3) is 0.290. The maximum atomic E-state index is 13.4. The van der Waals surface area contributed by atoms with Crippen molar-refractivity contribution in [2.24, 2.45) is 0 Å². The normalized spacial score (nSPS) is 19.1. The Bertz CT molecular complexity index is 1400. The SMILES string of the molecule is O=C(O)/C=C/C(=O)O.O=S1(=O)c2ccccc2C(c2ccccc2)N1CCCN1CCC(c2ccccc2)CC1. The largest absolute Gasteiger partial charge is 0.478 e. The van der Waals surface area contributed by atoms with Crippen molar-refractivity contribution in [2.45, 2.75) is 36.1 Å². The van der Waals surface area contributed by atoms with Gasteiger partial charge in [0.1, 0.15) is 0 Å². The smallest absolute Gasteiger partial charge is 0.328 e. The molecule has 0 aliphatic carbocycles. The average molecular weight is 563 g/mol. The average Bonchev–Trinajstić information content (AvgIpc) is 3.20. The molecule has 9 heteroatoms. The molecule has 210 valence electrons. The molecule has 8 nitrogen and oxygen atoms in total. The van der Waals surface area contributed by atoms with E-state index >= 15 is 0 Å². The van der Waals surface area contributed by atoms with E-state index in [0.717, 1.165) is 37.2 Å². The van der Waals surface area contributed by atoms with Crippen LogP contribution in [-0.2, 0) is 19.6 Å². The molecule has 2 aliphatic heterocycles. The molecule has 0 amide bonds. The molecular formula is C31H34N2O6S. The summed E-state index contributed by atoms with van der Waals surface area (Å²) < 4.78 is 28.4. The lowest BCUT2D eigenvalue weighted by atomic mass is 9.89. The lowest BCUT2D eigenvalue weighted by molar-refractivity contribution is -0.134. The van der Waals surface area contributed by atoms with Gasteiger partial charge in [0.2, 0.25) is 10.0 Å². The van der Waals surface area contributed by atoms with Crippen LogP contribution in [0.25, 0.3) is 0 Å². The summed E-state index contributed by atoms with van der Waals surface area (Å²) in [7, 11) is -3.48. The standard InChI is InChI=1S/C27H30N2O2S.C4H4O4/c30-32(31)26-15-8-7-14-25(26)27(24-12-5-2-6-13-24)29(32)19-9-18-28-20-16-23(17-21-28)22-10-3-1-4-11-22;5-3(6)1-2-4(7)8/h1-8,10-15,23,27H,9,16-21H2;1-2H,(H,5,6)(H,7,8)/b;2-1+. The van der Waals surface area contributed by atoms with Gasteiger partial charge < -0.3 is 15.1 Å². The highest BCUT2D eigenvalue weighted by atomic mass is 32.2. The van der Waals surface area contributed by atoms with Gasteiger partial charge in [-0.3, -0.25) is 0 Å². The van der Waals surface area contributed by atoms with Gasteiger partial charge in [-0.25, -0.2) is 18.0 Å². The summed E-state index contributed by atoms with van der Waals surface area (Å²) in [6, 6.07) is 28.0. The molecule has 1 fully saturated rings. The minimum atomic E-state index is -3.48. The fourth-order valence-electron chi connectivity index (χ4n) is 5.40. The second-order valence-electron chi connectivity index (χ2n) is 9.86. The van der Waals surface area contributed by atoms with Crippen LogP contribution in [-0.4, -0.2) is 66.0 Å². The van der Waals surface area contributed by atoms with Crippen molar-refractivity contribution >= 4 is 22.0 Å². The summed E-state index contributed by atoms with van der Waals surface area (Å²) in [5.41, 5.74) is 3.37. The number of nitrogens with zero attached hydrogens (tertiary/aromatic N) is 2. The number of aliphatic carboxylic acids is 2. The second-order valence-corrected chi connectivity index (χ2v) is 11.7. The summed E-state index contributed by atoms with van der Waals surface area (Å²) in [5, 5.41) is 15.6. The van der Waals surface area contributed by atoms with Crippen molar-refractivity contribution in [2.75, 3.05) is 26.2 Å².